The molecule has 0 fully saturated rings. The van der Waals surface area contributed by atoms with Crippen LogP contribution in [-0.4, -0.2) is 21.3 Å². The van der Waals surface area contributed by atoms with Crippen molar-refractivity contribution in [2.24, 2.45) is 0 Å². The molecule has 0 aliphatic rings. The van der Waals surface area contributed by atoms with Crippen LogP contribution < -0.4 is 5.32 Å². The van der Waals surface area contributed by atoms with Crippen molar-refractivity contribution in [2.75, 3.05) is 0 Å². The lowest BCUT2D eigenvalue weighted by molar-refractivity contribution is 0.134. The summed E-state index contributed by atoms with van der Waals surface area (Å²) in [6, 6.07) is 14.8. The van der Waals surface area contributed by atoms with Crippen molar-refractivity contribution in [3.8, 4) is 11.3 Å². The molecule has 0 amide bonds. The van der Waals surface area contributed by atoms with Gasteiger partial charge in [0.05, 0.1) is 11.8 Å². The molecule has 6 heteroatoms. The van der Waals surface area contributed by atoms with E-state index in [4.69, 9.17) is 0 Å². The molecule has 0 spiro atoms. The molecule has 0 saturated carbocycles. The van der Waals surface area contributed by atoms with Gasteiger partial charge >= 0.3 is 0 Å². The molecule has 0 bridgehead atoms. The Morgan fingerprint density at radius 3 is 2.56 bits per heavy atom. The molecule has 0 saturated heterocycles. The second-order valence-electron chi connectivity index (χ2n) is 5.93. The Labute approximate surface area is 144 Å². The van der Waals surface area contributed by atoms with Crippen LogP contribution in [0.3, 0.4) is 0 Å². The number of hydrogen-bond acceptors (Lipinski definition) is 3. The molecular weight excluding hydrogens is 324 g/mol. The highest BCUT2D eigenvalue weighted by atomic mass is 19.2. The Balaban J connectivity index is 1.61. The molecule has 4 nitrogen and oxygen atoms in total. The number of hydrogen-bond donors (Lipinski definition) is 3. The fourth-order valence-corrected chi connectivity index (χ4v) is 2.58. The highest BCUT2D eigenvalue weighted by molar-refractivity contribution is 5.58. The summed E-state index contributed by atoms with van der Waals surface area (Å²) >= 11 is 0. The molecule has 25 heavy (non-hydrogen) atoms. The average molecular weight is 343 g/mol. The average Bonchev–Trinajstić information content (AvgIpc) is 3.11. The van der Waals surface area contributed by atoms with Crippen molar-refractivity contribution in [3.05, 3.63) is 77.5 Å². The Morgan fingerprint density at radius 1 is 1.08 bits per heavy atom. The molecule has 130 valence electrons. The highest BCUT2D eigenvalue weighted by Crippen LogP contribution is 2.20. The van der Waals surface area contributed by atoms with Crippen molar-refractivity contribution in [2.45, 2.75) is 25.6 Å². The number of aromatic amines is 1. The molecular formula is C19H19F2N3O. The Morgan fingerprint density at radius 2 is 1.84 bits per heavy atom. The highest BCUT2D eigenvalue weighted by Gasteiger charge is 2.18. The smallest absolute Gasteiger partial charge is 0.159 e. The van der Waals surface area contributed by atoms with Crippen LogP contribution in [0.15, 0.2) is 54.6 Å². The third-order valence-electron chi connectivity index (χ3n) is 4.07. The zero-order valence-electron chi connectivity index (χ0n) is 13.7. The molecule has 2 atom stereocenters. The SMILES string of the molecule is CC(NCc1cc(-c2ccccc2)n[nH]1)C(O)c1ccc(F)c(F)c1. The molecule has 2 unspecified atom stereocenters. The molecule has 0 aliphatic heterocycles. The standard InChI is InChI=1S/C19H19F2N3O/c1-12(19(25)14-7-8-16(20)17(21)9-14)22-11-15-10-18(24-23-15)13-5-3-2-4-6-13/h2-10,12,19,22,25H,11H2,1H3,(H,23,24). The summed E-state index contributed by atoms with van der Waals surface area (Å²) in [7, 11) is 0. The first kappa shape index (κ1) is 17.3. The summed E-state index contributed by atoms with van der Waals surface area (Å²) in [6.45, 7) is 2.24. The molecule has 3 rings (SSSR count). The Hall–Kier alpha value is -2.57. The Bertz CT molecular complexity index is 836. The van der Waals surface area contributed by atoms with Crippen LogP contribution in [0.1, 0.15) is 24.3 Å². The zero-order chi connectivity index (χ0) is 17.8. The van der Waals surface area contributed by atoms with E-state index in [0.717, 1.165) is 29.1 Å². The zero-order valence-corrected chi connectivity index (χ0v) is 13.7. The summed E-state index contributed by atoms with van der Waals surface area (Å²) < 4.78 is 26.3. The number of nitrogens with one attached hydrogen (secondary N) is 2. The maximum atomic E-state index is 13.3. The second-order valence-corrected chi connectivity index (χ2v) is 5.93. The van der Waals surface area contributed by atoms with Gasteiger partial charge in [-0.1, -0.05) is 36.4 Å². The van der Waals surface area contributed by atoms with Crippen molar-refractivity contribution in [1.29, 1.82) is 0 Å². The lowest BCUT2D eigenvalue weighted by Crippen LogP contribution is -2.31. The van der Waals surface area contributed by atoms with Gasteiger partial charge in [-0.25, -0.2) is 8.78 Å². The van der Waals surface area contributed by atoms with Crippen molar-refractivity contribution >= 4 is 0 Å². The Kier molecular flexibility index (Phi) is 5.21. The van der Waals surface area contributed by atoms with Gasteiger partial charge in [-0.05, 0) is 30.7 Å². The van der Waals surface area contributed by atoms with Crippen LogP contribution in [-0.2, 0) is 6.54 Å². The maximum Gasteiger partial charge on any atom is 0.159 e. The number of aliphatic hydroxyl groups excluding tert-OH is 1. The van der Waals surface area contributed by atoms with Crippen LogP contribution in [0.4, 0.5) is 8.78 Å². The van der Waals surface area contributed by atoms with Gasteiger partial charge in [0.2, 0.25) is 0 Å². The van der Waals surface area contributed by atoms with E-state index in [9.17, 15) is 13.9 Å². The predicted molar refractivity (Wildman–Crippen MR) is 91.6 cm³/mol. The molecule has 3 N–H and O–H groups in total. The van der Waals surface area contributed by atoms with Crippen LogP contribution >= 0.6 is 0 Å². The number of halogens is 2. The summed E-state index contributed by atoms with van der Waals surface area (Å²) in [5.74, 6) is -1.90. The summed E-state index contributed by atoms with van der Waals surface area (Å²) in [6.07, 6.45) is -0.952. The predicted octanol–water partition coefficient (Wildman–Crippen LogP) is 3.57. The van der Waals surface area contributed by atoms with Crippen molar-refractivity contribution in [1.82, 2.24) is 15.5 Å². The minimum Gasteiger partial charge on any atom is -0.387 e. The number of aromatic nitrogens is 2. The fraction of sp³-hybridized carbons (Fsp3) is 0.211. The maximum absolute atomic E-state index is 13.3. The van der Waals surface area contributed by atoms with Gasteiger partial charge in [-0.3, -0.25) is 5.10 Å². The molecule has 0 radical (unpaired) electrons. The lowest BCUT2D eigenvalue weighted by Gasteiger charge is -2.20. The van der Waals surface area contributed by atoms with Crippen molar-refractivity contribution in [3.63, 3.8) is 0 Å². The third-order valence-corrected chi connectivity index (χ3v) is 4.07. The third kappa shape index (κ3) is 4.10. The number of nitrogens with zero attached hydrogens (tertiary/aromatic N) is 1. The molecule has 0 aliphatic carbocycles. The molecule has 1 heterocycles. The molecule has 2 aromatic carbocycles. The lowest BCUT2D eigenvalue weighted by atomic mass is 10.0. The number of benzene rings is 2. The van der Waals surface area contributed by atoms with Gasteiger partial charge in [0, 0.05) is 23.8 Å². The first-order valence-corrected chi connectivity index (χ1v) is 8.00. The summed E-state index contributed by atoms with van der Waals surface area (Å²) in [5, 5.41) is 20.7. The summed E-state index contributed by atoms with van der Waals surface area (Å²) in [4.78, 5) is 0. The van der Waals surface area contributed by atoms with Crippen molar-refractivity contribution < 1.29 is 13.9 Å². The largest absolute Gasteiger partial charge is 0.387 e. The first-order valence-electron chi connectivity index (χ1n) is 8.00. The van der Waals surface area contributed by atoms with E-state index in [1.807, 2.05) is 36.4 Å². The number of aliphatic hydroxyl groups is 1. The topological polar surface area (TPSA) is 60.9 Å². The van der Waals surface area contributed by atoms with Crippen LogP contribution in [0.2, 0.25) is 0 Å². The first-order chi connectivity index (χ1) is 12.0. The van der Waals surface area contributed by atoms with Gasteiger partial charge < -0.3 is 10.4 Å². The van der Waals surface area contributed by atoms with Crippen LogP contribution in [0, 0.1) is 11.6 Å². The van der Waals surface area contributed by atoms with Crippen LogP contribution in [0.25, 0.3) is 11.3 Å². The fourth-order valence-electron chi connectivity index (χ4n) is 2.58. The quantitative estimate of drug-likeness (QED) is 0.641. The van der Waals surface area contributed by atoms with Gasteiger partial charge in [0.15, 0.2) is 11.6 Å². The normalized spacial score (nSPS) is 13.6. The van der Waals surface area contributed by atoms with E-state index in [1.54, 1.807) is 6.92 Å². The second kappa shape index (κ2) is 7.55. The van der Waals surface area contributed by atoms with E-state index in [2.05, 4.69) is 15.5 Å². The van der Waals surface area contributed by atoms with Crippen LogP contribution in [0.5, 0.6) is 0 Å². The summed E-state index contributed by atoms with van der Waals surface area (Å²) in [5.41, 5.74) is 3.04. The monoisotopic (exact) mass is 343 g/mol. The van der Waals surface area contributed by atoms with Gasteiger partial charge in [0.25, 0.3) is 0 Å². The number of rotatable bonds is 6. The molecule has 3 aromatic rings. The van der Waals surface area contributed by atoms with E-state index >= 15 is 0 Å². The minimum atomic E-state index is -0.968. The van der Waals surface area contributed by atoms with Gasteiger partial charge in [0.1, 0.15) is 0 Å². The van der Waals surface area contributed by atoms with Gasteiger partial charge in [-0.2, -0.15) is 5.10 Å². The number of H-pyrrole nitrogens is 1. The van der Waals surface area contributed by atoms with Gasteiger partial charge in [-0.15, -0.1) is 0 Å². The molecule has 1 aromatic heterocycles. The van der Waals surface area contributed by atoms with E-state index in [0.29, 0.717) is 12.1 Å². The van der Waals surface area contributed by atoms with E-state index in [-0.39, 0.29) is 6.04 Å². The van der Waals surface area contributed by atoms with E-state index in [1.165, 1.54) is 6.07 Å². The minimum absolute atomic E-state index is 0.327. The van der Waals surface area contributed by atoms with E-state index < -0.39 is 17.7 Å².